The van der Waals surface area contributed by atoms with Crippen LogP contribution in [0.3, 0.4) is 0 Å². The molecule has 17 heavy (non-hydrogen) atoms. The highest BCUT2D eigenvalue weighted by atomic mass is 16.6. The van der Waals surface area contributed by atoms with E-state index in [0.29, 0.717) is 0 Å². The molecule has 1 unspecified atom stereocenters. The monoisotopic (exact) mass is 249 g/mol. The molecule has 0 fully saturated rings. The van der Waals surface area contributed by atoms with Gasteiger partial charge >= 0.3 is 0 Å². The van der Waals surface area contributed by atoms with Gasteiger partial charge in [-0.2, -0.15) is 0 Å². The highest BCUT2D eigenvalue weighted by Crippen LogP contribution is 2.02. The summed E-state index contributed by atoms with van der Waals surface area (Å²) in [5.74, 6) is 0. The number of methoxy groups -OCH3 is 1. The van der Waals surface area contributed by atoms with Crippen LogP contribution in [0, 0.1) is 0 Å². The van der Waals surface area contributed by atoms with Crippen molar-refractivity contribution in [1.29, 1.82) is 0 Å². The Morgan fingerprint density at radius 1 is 1.24 bits per heavy atom. The summed E-state index contributed by atoms with van der Waals surface area (Å²) in [5.41, 5.74) is 0. The molecule has 0 aromatic heterocycles. The Bertz CT molecular complexity index is 187. The number of rotatable bonds is 7. The molecule has 0 saturated heterocycles. The molecule has 1 atom stereocenters. The van der Waals surface area contributed by atoms with Crippen molar-refractivity contribution in [2.45, 2.75) is 27.2 Å². The molecule has 0 spiro atoms. The molecule has 0 rings (SSSR count). The van der Waals surface area contributed by atoms with E-state index in [1.807, 2.05) is 0 Å². The largest absolute Gasteiger partial charge is 0.553 e. The van der Waals surface area contributed by atoms with Crippen LogP contribution in [0.5, 0.6) is 0 Å². The quantitative estimate of drug-likeness (QED) is 0.382. The Kier molecular flexibility index (Phi) is 12.7. The molecular weight excluding hydrogens is 222 g/mol. The number of carbonyl (C=O) groups is 1. The summed E-state index contributed by atoms with van der Waals surface area (Å²) < 4.78 is 10.1. The van der Waals surface area contributed by atoms with Gasteiger partial charge in [0.25, 0.3) is 6.16 Å². The lowest BCUT2D eigenvalue weighted by Gasteiger charge is -2.32. The molecule has 0 N–H and O–H groups in total. The zero-order chi connectivity index (χ0) is 13.7. The third kappa shape index (κ3) is 13.1. The molecule has 0 bridgehead atoms. The van der Waals surface area contributed by atoms with Gasteiger partial charge in [-0.25, -0.2) is 0 Å². The van der Waals surface area contributed by atoms with E-state index in [-0.39, 0.29) is 0 Å². The van der Waals surface area contributed by atoms with E-state index in [9.17, 15) is 0 Å². The van der Waals surface area contributed by atoms with Crippen molar-refractivity contribution in [2.24, 2.45) is 0 Å². The first-order valence-electron chi connectivity index (χ1n) is 6.12. The molecule has 0 amide bonds. The van der Waals surface area contributed by atoms with Crippen molar-refractivity contribution >= 4 is 6.16 Å². The van der Waals surface area contributed by atoms with Crippen LogP contribution in [0.4, 0.5) is 4.79 Å². The van der Waals surface area contributed by atoms with Crippen LogP contribution in [0.2, 0.25) is 0 Å². The Morgan fingerprint density at radius 2 is 1.76 bits per heavy atom. The van der Waals surface area contributed by atoms with Gasteiger partial charge in [-0.1, -0.05) is 6.92 Å². The third-order valence-electron chi connectivity index (χ3n) is 2.67. The van der Waals surface area contributed by atoms with Crippen molar-refractivity contribution in [3.8, 4) is 0 Å². The van der Waals surface area contributed by atoms with Gasteiger partial charge in [-0.15, -0.1) is 0 Å². The SMILES string of the molecule is CCC[N+](C)(CC)CCOCC.COC(=O)[O-]. The minimum absolute atomic E-state index is 0.843. The number of likely N-dealkylation sites (N-methyl/N-ethyl adjacent to an activating group) is 1. The predicted molar refractivity (Wildman–Crippen MR) is 65.6 cm³/mol. The normalized spacial score (nSPS) is 13.2. The van der Waals surface area contributed by atoms with Crippen LogP contribution < -0.4 is 5.11 Å². The fraction of sp³-hybridized carbons (Fsp3) is 0.917. The molecule has 5 nitrogen and oxygen atoms in total. The lowest BCUT2D eigenvalue weighted by molar-refractivity contribution is -0.908. The first-order valence-corrected chi connectivity index (χ1v) is 6.12. The van der Waals surface area contributed by atoms with Crippen LogP contribution in [0.15, 0.2) is 0 Å². The molecule has 0 aromatic carbocycles. The number of carbonyl (C=O) groups excluding carboxylic acids is 1. The third-order valence-corrected chi connectivity index (χ3v) is 2.67. The average Bonchev–Trinajstić information content (AvgIpc) is 2.30. The summed E-state index contributed by atoms with van der Waals surface area (Å²) in [6.45, 7) is 11.9. The lowest BCUT2D eigenvalue weighted by atomic mass is 10.3. The maximum atomic E-state index is 9.03. The molecular formula is C12H27NO4. The minimum Gasteiger partial charge on any atom is -0.553 e. The van der Waals surface area contributed by atoms with E-state index in [1.54, 1.807) is 0 Å². The summed E-state index contributed by atoms with van der Waals surface area (Å²) in [7, 11) is 3.35. The minimum atomic E-state index is -1.50. The van der Waals surface area contributed by atoms with Crippen molar-refractivity contribution in [1.82, 2.24) is 0 Å². The Hall–Kier alpha value is -0.810. The molecule has 0 aliphatic heterocycles. The van der Waals surface area contributed by atoms with Gasteiger partial charge in [0.15, 0.2) is 0 Å². The standard InChI is InChI=1S/C10H24NO.C2H4O3/c1-5-8-11(4,6-2)9-10-12-7-3;1-5-2(3)4/h5-10H2,1-4H3;1H3,(H,3,4)/q+1;/p-1. The summed E-state index contributed by atoms with van der Waals surface area (Å²) in [6.07, 6.45) is -0.235. The van der Waals surface area contributed by atoms with Crippen molar-refractivity contribution in [2.75, 3.05) is 47.0 Å². The van der Waals surface area contributed by atoms with Gasteiger partial charge in [0.1, 0.15) is 6.54 Å². The topological polar surface area (TPSA) is 58.6 Å². The summed E-state index contributed by atoms with van der Waals surface area (Å²) >= 11 is 0. The van der Waals surface area contributed by atoms with Crippen LogP contribution in [0.25, 0.3) is 0 Å². The molecule has 0 radical (unpaired) electrons. The summed E-state index contributed by atoms with van der Waals surface area (Å²) in [4.78, 5) is 9.03. The van der Waals surface area contributed by atoms with Crippen molar-refractivity contribution in [3.05, 3.63) is 0 Å². The number of hydrogen-bond donors (Lipinski definition) is 0. The van der Waals surface area contributed by atoms with E-state index in [0.717, 1.165) is 31.4 Å². The maximum Gasteiger partial charge on any atom is 0.251 e. The zero-order valence-corrected chi connectivity index (χ0v) is 11.8. The molecule has 104 valence electrons. The first kappa shape index (κ1) is 18.6. The van der Waals surface area contributed by atoms with Crippen molar-refractivity contribution < 1.29 is 23.9 Å². The molecule has 0 aliphatic rings. The molecule has 0 aliphatic carbocycles. The Morgan fingerprint density at radius 3 is 2.06 bits per heavy atom. The molecule has 0 aromatic rings. The van der Waals surface area contributed by atoms with Crippen LogP contribution in [-0.2, 0) is 9.47 Å². The smallest absolute Gasteiger partial charge is 0.251 e. The number of quaternary nitrogens is 1. The number of carboxylic acid groups (broad SMARTS) is 1. The summed E-state index contributed by atoms with van der Waals surface area (Å²) in [6, 6.07) is 0. The van der Waals surface area contributed by atoms with E-state index in [4.69, 9.17) is 14.6 Å². The van der Waals surface area contributed by atoms with E-state index in [2.05, 4.69) is 32.6 Å². The van der Waals surface area contributed by atoms with Gasteiger partial charge in [0.05, 0.1) is 26.7 Å². The van der Waals surface area contributed by atoms with Gasteiger partial charge in [-0.3, -0.25) is 0 Å². The second-order valence-electron chi connectivity index (χ2n) is 4.03. The number of nitrogens with zero attached hydrogens (tertiary/aromatic N) is 1. The second-order valence-corrected chi connectivity index (χ2v) is 4.03. The van der Waals surface area contributed by atoms with Crippen LogP contribution >= 0.6 is 0 Å². The van der Waals surface area contributed by atoms with E-state index >= 15 is 0 Å². The first-order chi connectivity index (χ1) is 7.95. The van der Waals surface area contributed by atoms with Gasteiger partial charge in [-0.05, 0) is 20.3 Å². The predicted octanol–water partition coefficient (Wildman–Crippen LogP) is 0.876. The second kappa shape index (κ2) is 11.7. The Balaban J connectivity index is 0. The highest BCUT2D eigenvalue weighted by molar-refractivity contribution is 5.53. The summed E-state index contributed by atoms with van der Waals surface area (Å²) in [5, 5.41) is 9.03. The molecule has 5 heteroatoms. The Labute approximate surface area is 105 Å². The van der Waals surface area contributed by atoms with Gasteiger partial charge < -0.3 is 23.9 Å². The fourth-order valence-electron chi connectivity index (χ4n) is 1.40. The van der Waals surface area contributed by atoms with Crippen LogP contribution in [0.1, 0.15) is 27.2 Å². The number of ether oxygens (including phenoxy) is 2. The van der Waals surface area contributed by atoms with Crippen LogP contribution in [-0.4, -0.2) is 57.6 Å². The molecule has 0 heterocycles. The zero-order valence-electron chi connectivity index (χ0n) is 11.8. The fourth-order valence-corrected chi connectivity index (χ4v) is 1.40. The molecule has 0 saturated carbocycles. The van der Waals surface area contributed by atoms with Gasteiger partial charge in [0, 0.05) is 13.7 Å². The number of hydrogen-bond acceptors (Lipinski definition) is 4. The van der Waals surface area contributed by atoms with E-state index < -0.39 is 6.16 Å². The van der Waals surface area contributed by atoms with Crippen molar-refractivity contribution in [3.63, 3.8) is 0 Å². The van der Waals surface area contributed by atoms with E-state index in [1.165, 1.54) is 19.5 Å². The maximum absolute atomic E-state index is 9.03. The highest BCUT2D eigenvalue weighted by Gasteiger charge is 2.16. The van der Waals surface area contributed by atoms with Gasteiger partial charge in [0.2, 0.25) is 0 Å². The average molecular weight is 249 g/mol. The lowest BCUT2D eigenvalue weighted by Crippen LogP contribution is -2.46.